The summed E-state index contributed by atoms with van der Waals surface area (Å²) in [6.45, 7) is 6.21. The van der Waals surface area contributed by atoms with Crippen molar-refractivity contribution in [3.8, 4) is 5.75 Å². The molecular formula is C21H25NO6S. The first-order valence-electron chi connectivity index (χ1n) is 9.36. The lowest BCUT2D eigenvalue weighted by Gasteiger charge is -2.18. The monoisotopic (exact) mass is 419 g/mol. The Morgan fingerprint density at radius 3 is 1.93 bits per heavy atom. The van der Waals surface area contributed by atoms with Gasteiger partial charge in [-0.25, -0.2) is 13.2 Å². The molecule has 0 aliphatic rings. The third-order valence-electron chi connectivity index (χ3n) is 4.25. The van der Waals surface area contributed by atoms with Gasteiger partial charge in [0.2, 0.25) is 10.0 Å². The highest BCUT2D eigenvalue weighted by Gasteiger charge is 2.22. The van der Waals surface area contributed by atoms with Crippen LogP contribution in [0.5, 0.6) is 5.75 Å². The topological polar surface area (TPSA) is 90.0 Å². The number of nitrogens with zero attached hydrogens (tertiary/aromatic N) is 1. The number of Topliss-reactive ketones (excluding diaryl/α,β-unsaturated/α-hetero) is 1. The van der Waals surface area contributed by atoms with Crippen molar-refractivity contribution in [1.82, 2.24) is 4.31 Å². The number of esters is 1. The average molecular weight is 419 g/mol. The van der Waals surface area contributed by atoms with Crippen LogP contribution in [-0.2, 0) is 14.8 Å². The summed E-state index contributed by atoms with van der Waals surface area (Å²) >= 11 is 0. The molecule has 0 bridgehead atoms. The van der Waals surface area contributed by atoms with Crippen LogP contribution in [0.15, 0.2) is 53.4 Å². The Hall–Kier alpha value is -2.71. The fourth-order valence-corrected chi connectivity index (χ4v) is 4.14. The second-order valence-corrected chi connectivity index (χ2v) is 8.01. The predicted octanol–water partition coefficient (Wildman–Crippen LogP) is 3.16. The average Bonchev–Trinajstić information content (AvgIpc) is 2.73. The van der Waals surface area contributed by atoms with Crippen molar-refractivity contribution in [2.75, 3.05) is 26.3 Å². The van der Waals surface area contributed by atoms with Crippen molar-refractivity contribution >= 4 is 21.8 Å². The number of carbonyl (C=O) groups is 2. The third-order valence-corrected chi connectivity index (χ3v) is 6.32. The smallest absolute Gasteiger partial charge is 0.338 e. The molecule has 0 unspecified atom stereocenters. The molecule has 0 heterocycles. The molecule has 0 N–H and O–H groups in total. The van der Waals surface area contributed by atoms with Crippen molar-refractivity contribution in [2.45, 2.75) is 25.7 Å². The Morgan fingerprint density at radius 1 is 0.862 bits per heavy atom. The van der Waals surface area contributed by atoms with E-state index in [0.29, 0.717) is 31.0 Å². The highest BCUT2D eigenvalue weighted by atomic mass is 32.2. The molecule has 2 aromatic rings. The van der Waals surface area contributed by atoms with Crippen LogP contribution in [0.2, 0.25) is 0 Å². The summed E-state index contributed by atoms with van der Waals surface area (Å²) < 4.78 is 36.6. The predicted molar refractivity (Wildman–Crippen MR) is 109 cm³/mol. The molecule has 0 aliphatic heterocycles. The number of ketones is 1. The van der Waals surface area contributed by atoms with Gasteiger partial charge >= 0.3 is 5.97 Å². The lowest BCUT2D eigenvalue weighted by molar-refractivity contribution is 0.0474. The minimum Gasteiger partial charge on any atom is -0.494 e. The first-order chi connectivity index (χ1) is 13.8. The van der Waals surface area contributed by atoms with Crippen LogP contribution in [0, 0.1) is 0 Å². The maximum Gasteiger partial charge on any atom is 0.338 e. The van der Waals surface area contributed by atoms with Crippen LogP contribution in [0.3, 0.4) is 0 Å². The van der Waals surface area contributed by atoms with Crippen molar-refractivity contribution in [3.63, 3.8) is 0 Å². The van der Waals surface area contributed by atoms with E-state index >= 15 is 0 Å². The number of sulfonamides is 1. The molecule has 0 amide bonds. The van der Waals surface area contributed by atoms with Crippen molar-refractivity contribution in [1.29, 1.82) is 0 Å². The van der Waals surface area contributed by atoms with E-state index in [9.17, 15) is 18.0 Å². The molecule has 2 rings (SSSR count). The number of carbonyl (C=O) groups excluding carboxylic acids is 2. The first kappa shape index (κ1) is 22.6. The summed E-state index contributed by atoms with van der Waals surface area (Å²) in [5, 5.41) is 0. The van der Waals surface area contributed by atoms with Gasteiger partial charge < -0.3 is 9.47 Å². The normalized spacial score (nSPS) is 11.3. The van der Waals surface area contributed by atoms with E-state index in [2.05, 4.69) is 0 Å². The Kier molecular flexibility index (Phi) is 7.92. The summed E-state index contributed by atoms with van der Waals surface area (Å²) in [5.74, 6) is -0.390. The second kappa shape index (κ2) is 10.2. The highest BCUT2D eigenvalue weighted by molar-refractivity contribution is 7.89. The van der Waals surface area contributed by atoms with Crippen molar-refractivity contribution in [2.24, 2.45) is 0 Å². The Morgan fingerprint density at radius 2 is 1.41 bits per heavy atom. The third kappa shape index (κ3) is 5.65. The lowest BCUT2D eigenvalue weighted by Crippen LogP contribution is -2.30. The van der Waals surface area contributed by atoms with E-state index in [0.717, 1.165) is 0 Å². The van der Waals surface area contributed by atoms with Gasteiger partial charge in [-0.2, -0.15) is 4.31 Å². The molecule has 8 heteroatoms. The summed E-state index contributed by atoms with van der Waals surface area (Å²) in [7, 11) is -3.60. The van der Waals surface area contributed by atoms with Crippen LogP contribution in [0.25, 0.3) is 0 Å². The Balaban J connectivity index is 1.99. The molecule has 0 radical (unpaired) electrons. The summed E-state index contributed by atoms with van der Waals surface area (Å²) in [4.78, 5) is 24.4. The van der Waals surface area contributed by atoms with E-state index < -0.39 is 22.6 Å². The van der Waals surface area contributed by atoms with Crippen LogP contribution in [0.1, 0.15) is 41.5 Å². The van der Waals surface area contributed by atoms with Crippen LogP contribution in [-0.4, -0.2) is 50.8 Å². The van der Waals surface area contributed by atoms with Gasteiger partial charge in [-0.05, 0) is 55.5 Å². The number of hydrogen-bond acceptors (Lipinski definition) is 6. The second-order valence-electron chi connectivity index (χ2n) is 6.07. The molecule has 29 heavy (non-hydrogen) atoms. The maximum absolute atomic E-state index is 12.5. The zero-order valence-corrected chi connectivity index (χ0v) is 17.6. The zero-order valence-electron chi connectivity index (χ0n) is 16.8. The van der Waals surface area contributed by atoms with E-state index in [-0.39, 0.29) is 16.2 Å². The zero-order chi connectivity index (χ0) is 21.4. The fourth-order valence-electron chi connectivity index (χ4n) is 2.68. The highest BCUT2D eigenvalue weighted by Crippen LogP contribution is 2.17. The number of ether oxygens (including phenoxy) is 2. The van der Waals surface area contributed by atoms with Gasteiger partial charge in [-0.15, -0.1) is 0 Å². The van der Waals surface area contributed by atoms with Gasteiger partial charge in [0.05, 0.1) is 17.1 Å². The minimum atomic E-state index is -3.60. The maximum atomic E-state index is 12.5. The quantitative estimate of drug-likeness (QED) is 0.434. The molecule has 7 nitrogen and oxygen atoms in total. The molecule has 2 aromatic carbocycles. The van der Waals surface area contributed by atoms with E-state index in [4.69, 9.17) is 9.47 Å². The standard InChI is InChI=1S/C21H25NO6S/c1-4-22(5-2)29(25,26)19-13-9-17(10-14-19)21(24)28-15-20(23)16-7-11-18(12-8-16)27-6-3/h7-14H,4-6,15H2,1-3H3. The molecule has 0 aromatic heterocycles. The van der Waals surface area contributed by atoms with E-state index in [1.165, 1.54) is 28.6 Å². The number of benzene rings is 2. The fraction of sp³-hybridized carbons (Fsp3) is 0.333. The molecule has 0 atom stereocenters. The van der Waals surface area contributed by atoms with Gasteiger partial charge in [0.25, 0.3) is 0 Å². The SMILES string of the molecule is CCOc1ccc(C(=O)COC(=O)c2ccc(S(=O)(=O)N(CC)CC)cc2)cc1. The van der Waals surface area contributed by atoms with E-state index in [1.54, 1.807) is 38.1 Å². The molecule has 156 valence electrons. The summed E-state index contributed by atoms with van der Waals surface area (Å²) in [6, 6.07) is 12.0. The first-order valence-corrected chi connectivity index (χ1v) is 10.8. The molecule has 0 saturated heterocycles. The van der Waals surface area contributed by atoms with Gasteiger partial charge in [0.15, 0.2) is 12.4 Å². The van der Waals surface area contributed by atoms with Crippen molar-refractivity contribution in [3.05, 3.63) is 59.7 Å². The van der Waals surface area contributed by atoms with Crippen LogP contribution < -0.4 is 4.74 Å². The van der Waals surface area contributed by atoms with Gasteiger partial charge in [0, 0.05) is 18.7 Å². The summed E-state index contributed by atoms with van der Waals surface area (Å²) in [5.41, 5.74) is 0.574. The van der Waals surface area contributed by atoms with E-state index in [1.807, 2.05) is 6.92 Å². The van der Waals surface area contributed by atoms with Gasteiger partial charge in [0.1, 0.15) is 5.75 Å². The van der Waals surface area contributed by atoms with Crippen molar-refractivity contribution < 1.29 is 27.5 Å². The Bertz CT molecular complexity index is 932. The van der Waals surface area contributed by atoms with Crippen LogP contribution in [0.4, 0.5) is 0 Å². The van der Waals surface area contributed by atoms with Crippen LogP contribution >= 0.6 is 0 Å². The summed E-state index contributed by atoms with van der Waals surface area (Å²) in [6.07, 6.45) is 0. The molecule has 0 fully saturated rings. The lowest BCUT2D eigenvalue weighted by atomic mass is 10.1. The molecule has 0 aliphatic carbocycles. The van der Waals surface area contributed by atoms with Gasteiger partial charge in [-0.3, -0.25) is 4.79 Å². The number of rotatable bonds is 10. The largest absolute Gasteiger partial charge is 0.494 e. The Labute approximate surface area is 171 Å². The minimum absolute atomic E-state index is 0.100. The number of hydrogen-bond donors (Lipinski definition) is 0. The molecule has 0 saturated carbocycles. The molecular weight excluding hydrogens is 394 g/mol. The molecule has 0 spiro atoms. The van der Waals surface area contributed by atoms with Gasteiger partial charge in [-0.1, -0.05) is 13.8 Å².